The highest BCUT2D eigenvalue weighted by Gasteiger charge is 1.77. The van der Waals surface area contributed by atoms with Crippen LogP contribution in [0.4, 0.5) is 0 Å². The first-order chi connectivity index (χ1) is 4.83. The normalized spacial score (nSPS) is 11.5. The van der Waals surface area contributed by atoms with Crippen molar-refractivity contribution in [1.29, 1.82) is 0 Å². The Morgan fingerprint density at radius 1 is 1.20 bits per heavy atom. The standard InChI is InChI=1S/C8H9NO/c1-7-3-2-4-8(9-10)6-5-7/h2-6,10H,1H3/b9-8+. The summed E-state index contributed by atoms with van der Waals surface area (Å²) in [6.45, 7) is 1.99. The van der Waals surface area contributed by atoms with E-state index in [0.29, 0.717) is 5.36 Å². The fourth-order valence-corrected chi connectivity index (χ4v) is 0.693. The molecule has 0 atom stereocenters. The summed E-state index contributed by atoms with van der Waals surface area (Å²) in [6.07, 6.45) is 0. The molecule has 0 amide bonds. The Morgan fingerprint density at radius 2 is 2.00 bits per heavy atom. The van der Waals surface area contributed by atoms with E-state index in [9.17, 15) is 0 Å². The molecule has 1 aromatic rings. The van der Waals surface area contributed by atoms with Crippen molar-refractivity contribution in [3.05, 3.63) is 41.3 Å². The third kappa shape index (κ3) is 1.58. The Kier molecular flexibility index (Phi) is 2.05. The largest absolute Gasteiger partial charge is 0.410 e. The minimum atomic E-state index is 0.577. The molecule has 0 fully saturated rings. The van der Waals surface area contributed by atoms with Crippen molar-refractivity contribution in [1.82, 2.24) is 0 Å². The molecule has 0 saturated heterocycles. The Bertz CT molecular complexity index is 280. The molecule has 1 N–H and O–H groups in total. The van der Waals surface area contributed by atoms with Crippen LogP contribution < -0.4 is 5.36 Å². The minimum Gasteiger partial charge on any atom is -0.410 e. The van der Waals surface area contributed by atoms with E-state index in [0.717, 1.165) is 5.56 Å². The topological polar surface area (TPSA) is 32.6 Å². The molecule has 1 aromatic carbocycles. The third-order valence-corrected chi connectivity index (χ3v) is 1.26. The first kappa shape index (κ1) is 6.81. The average Bonchev–Trinajstić information content (AvgIpc) is 2.14. The summed E-state index contributed by atoms with van der Waals surface area (Å²) in [5.41, 5.74) is 1.15. The van der Waals surface area contributed by atoms with Gasteiger partial charge in [0, 0.05) is 0 Å². The molecular formula is C8H9NO. The van der Waals surface area contributed by atoms with Crippen LogP contribution in [0.1, 0.15) is 5.56 Å². The van der Waals surface area contributed by atoms with Gasteiger partial charge in [-0.1, -0.05) is 28.9 Å². The van der Waals surface area contributed by atoms with Gasteiger partial charge in [-0.3, -0.25) is 0 Å². The second kappa shape index (κ2) is 3.01. The number of aryl methyl sites for hydroxylation is 1. The van der Waals surface area contributed by atoms with E-state index in [1.54, 1.807) is 12.1 Å². The van der Waals surface area contributed by atoms with Gasteiger partial charge in [0.15, 0.2) is 0 Å². The molecule has 0 aromatic heterocycles. The van der Waals surface area contributed by atoms with E-state index in [4.69, 9.17) is 5.21 Å². The van der Waals surface area contributed by atoms with Crippen LogP contribution in [0.2, 0.25) is 0 Å². The maximum Gasteiger partial charge on any atom is 0.102 e. The summed E-state index contributed by atoms with van der Waals surface area (Å²) in [4.78, 5) is 0. The van der Waals surface area contributed by atoms with Crippen LogP contribution >= 0.6 is 0 Å². The maximum absolute atomic E-state index is 8.36. The zero-order chi connectivity index (χ0) is 7.40. The molecule has 0 aliphatic carbocycles. The van der Waals surface area contributed by atoms with Crippen molar-refractivity contribution in [3.63, 3.8) is 0 Å². The van der Waals surface area contributed by atoms with Crippen molar-refractivity contribution < 1.29 is 5.21 Å². The molecule has 0 heterocycles. The Hall–Kier alpha value is -1.31. The van der Waals surface area contributed by atoms with Crippen molar-refractivity contribution in [2.45, 2.75) is 6.92 Å². The summed E-state index contributed by atoms with van der Waals surface area (Å²) in [5.74, 6) is 0. The second-order valence-corrected chi connectivity index (χ2v) is 2.13. The smallest absolute Gasteiger partial charge is 0.102 e. The number of hydrogen-bond acceptors (Lipinski definition) is 2. The van der Waals surface area contributed by atoms with Gasteiger partial charge in [-0.05, 0) is 19.1 Å². The lowest BCUT2D eigenvalue weighted by atomic mass is 10.3. The maximum atomic E-state index is 8.36. The van der Waals surface area contributed by atoms with Gasteiger partial charge < -0.3 is 5.21 Å². The lowest BCUT2D eigenvalue weighted by molar-refractivity contribution is 0.302. The summed E-state index contributed by atoms with van der Waals surface area (Å²) in [7, 11) is 0. The summed E-state index contributed by atoms with van der Waals surface area (Å²) < 4.78 is 0. The fourth-order valence-electron chi connectivity index (χ4n) is 0.693. The monoisotopic (exact) mass is 135 g/mol. The highest BCUT2D eigenvalue weighted by molar-refractivity contribution is 5.10. The van der Waals surface area contributed by atoms with E-state index in [2.05, 4.69) is 5.16 Å². The van der Waals surface area contributed by atoms with Gasteiger partial charge in [-0.25, -0.2) is 0 Å². The third-order valence-electron chi connectivity index (χ3n) is 1.26. The van der Waals surface area contributed by atoms with Gasteiger partial charge in [0.2, 0.25) is 0 Å². The van der Waals surface area contributed by atoms with Crippen LogP contribution in [0, 0.1) is 6.92 Å². The molecule has 0 aliphatic rings. The van der Waals surface area contributed by atoms with Gasteiger partial charge in [0.1, 0.15) is 5.36 Å². The molecule has 0 bridgehead atoms. The number of nitrogens with zero attached hydrogens (tertiary/aromatic N) is 1. The average molecular weight is 135 g/mol. The lowest BCUT2D eigenvalue weighted by Crippen LogP contribution is -1.93. The van der Waals surface area contributed by atoms with E-state index < -0.39 is 0 Å². The molecule has 1 rings (SSSR count). The van der Waals surface area contributed by atoms with Crippen LogP contribution in [-0.4, -0.2) is 5.21 Å². The number of hydrogen-bond donors (Lipinski definition) is 1. The van der Waals surface area contributed by atoms with Gasteiger partial charge in [0.05, 0.1) is 0 Å². The van der Waals surface area contributed by atoms with E-state index >= 15 is 0 Å². The van der Waals surface area contributed by atoms with Crippen LogP contribution in [0.5, 0.6) is 0 Å². The van der Waals surface area contributed by atoms with E-state index in [1.807, 2.05) is 25.1 Å². The molecule has 10 heavy (non-hydrogen) atoms. The number of rotatable bonds is 0. The SMILES string of the molecule is Cc1ccc/c(=N\O)cc1. The molecule has 0 radical (unpaired) electrons. The Balaban J connectivity index is 3.30. The molecule has 52 valence electrons. The predicted octanol–water partition coefficient (Wildman–Crippen LogP) is 1.28. The molecule has 0 saturated carbocycles. The van der Waals surface area contributed by atoms with Crippen molar-refractivity contribution in [3.8, 4) is 0 Å². The first-order valence-corrected chi connectivity index (χ1v) is 3.08. The summed E-state index contributed by atoms with van der Waals surface area (Å²) >= 11 is 0. The van der Waals surface area contributed by atoms with Gasteiger partial charge in [-0.15, -0.1) is 0 Å². The van der Waals surface area contributed by atoms with Crippen LogP contribution in [0.15, 0.2) is 35.5 Å². The Morgan fingerprint density at radius 3 is 2.70 bits per heavy atom. The molecule has 2 nitrogen and oxygen atoms in total. The van der Waals surface area contributed by atoms with Crippen LogP contribution in [-0.2, 0) is 0 Å². The van der Waals surface area contributed by atoms with Crippen LogP contribution in [0.25, 0.3) is 0 Å². The summed E-state index contributed by atoms with van der Waals surface area (Å²) in [6, 6.07) is 9.20. The van der Waals surface area contributed by atoms with Crippen molar-refractivity contribution >= 4 is 0 Å². The highest BCUT2D eigenvalue weighted by Crippen LogP contribution is 1.88. The molecular weight excluding hydrogens is 126 g/mol. The Labute approximate surface area is 59.5 Å². The van der Waals surface area contributed by atoms with Gasteiger partial charge in [0.25, 0.3) is 0 Å². The zero-order valence-electron chi connectivity index (χ0n) is 5.78. The van der Waals surface area contributed by atoms with E-state index in [1.165, 1.54) is 0 Å². The van der Waals surface area contributed by atoms with Crippen molar-refractivity contribution in [2.75, 3.05) is 0 Å². The van der Waals surface area contributed by atoms with Crippen molar-refractivity contribution in [2.24, 2.45) is 5.16 Å². The fraction of sp³-hybridized carbons (Fsp3) is 0.125. The highest BCUT2D eigenvalue weighted by atomic mass is 16.4. The van der Waals surface area contributed by atoms with E-state index in [-0.39, 0.29) is 0 Å². The summed E-state index contributed by atoms with van der Waals surface area (Å²) in [5, 5.41) is 12.0. The molecule has 2 heteroatoms. The molecule has 0 spiro atoms. The second-order valence-electron chi connectivity index (χ2n) is 2.13. The minimum absolute atomic E-state index is 0.577. The molecule has 0 aliphatic heterocycles. The quantitative estimate of drug-likeness (QED) is 0.422. The van der Waals surface area contributed by atoms with Crippen LogP contribution in [0.3, 0.4) is 0 Å². The predicted molar refractivity (Wildman–Crippen MR) is 38.5 cm³/mol. The zero-order valence-corrected chi connectivity index (χ0v) is 5.78. The van der Waals surface area contributed by atoms with Gasteiger partial charge in [-0.2, -0.15) is 0 Å². The van der Waals surface area contributed by atoms with Gasteiger partial charge >= 0.3 is 0 Å². The first-order valence-electron chi connectivity index (χ1n) is 3.08. The lowest BCUT2D eigenvalue weighted by Gasteiger charge is -1.74. The molecule has 0 unspecified atom stereocenters.